The standard InChI is InChI=1S/C15H15NO6/c1-9-7-13(17)14(15(18)22-9)12(8-16(19)20)10-3-5-11(21-2)6-4-10/h3-7,12,17H,8H2,1-2H3/t12-/m1/s1. The first-order valence-corrected chi connectivity index (χ1v) is 6.51. The third kappa shape index (κ3) is 3.25. The lowest BCUT2D eigenvalue weighted by molar-refractivity contribution is -0.481. The summed E-state index contributed by atoms with van der Waals surface area (Å²) >= 11 is 0. The maximum absolute atomic E-state index is 12.0. The van der Waals surface area contributed by atoms with Crippen molar-refractivity contribution < 1.29 is 19.2 Å². The molecule has 2 aromatic rings. The second kappa shape index (κ2) is 6.30. The predicted molar refractivity (Wildman–Crippen MR) is 78.1 cm³/mol. The van der Waals surface area contributed by atoms with Crippen LogP contribution >= 0.6 is 0 Å². The van der Waals surface area contributed by atoms with E-state index in [0.717, 1.165) is 0 Å². The zero-order chi connectivity index (χ0) is 16.3. The second-order valence-electron chi connectivity index (χ2n) is 4.78. The minimum absolute atomic E-state index is 0.118. The number of hydrogen-bond donors (Lipinski definition) is 1. The Morgan fingerprint density at radius 2 is 2.00 bits per heavy atom. The fourth-order valence-electron chi connectivity index (χ4n) is 2.27. The molecule has 0 bridgehead atoms. The van der Waals surface area contributed by atoms with Crippen LogP contribution in [-0.4, -0.2) is 23.7 Å². The van der Waals surface area contributed by atoms with Crippen LogP contribution in [0, 0.1) is 17.0 Å². The lowest BCUT2D eigenvalue weighted by Gasteiger charge is -2.14. The van der Waals surface area contributed by atoms with Crippen LogP contribution < -0.4 is 10.4 Å². The van der Waals surface area contributed by atoms with Crippen molar-refractivity contribution >= 4 is 0 Å². The van der Waals surface area contributed by atoms with Crippen LogP contribution in [0.1, 0.15) is 22.8 Å². The molecule has 0 aliphatic carbocycles. The summed E-state index contributed by atoms with van der Waals surface area (Å²) in [7, 11) is 1.50. The van der Waals surface area contributed by atoms with Crippen LogP contribution in [0.25, 0.3) is 0 Å². The Morgan fingerprint density at radius 3 is 2.50 bits per heavy atom. The summed E-state index contributed by atoms with van der Waals surface area (Å²) in [6, 6.07) is 7.77. The number of nitrogens with zero attached hydrogens (tertiary/aromatic N) is 1. The first-order chi connectivity index (χ1) is 10.4. The van der Waals surface area contributed by atoms with Gasteiger partial charge in [0.2, 0.25) is 6.54 Å². The van der Waals surface area contributed by atoms with E-state index in [-0.39, 0.29) is 17.1 Å². The van der Waals surface area contributed by atoms with Gasteiger partial charge in [0, 0.05) is 11.0 Å². The van der Waals surface area contributed by atoms with Crippen LogP contribution in [0.5, 0.6) is 11.5 Å². The summed E-state index contributed by atoms with van der Waals surface area (Å²) in [6.07, 6.45) is 0. The molecule has 7 nitrogen and oxygen atoms in total. The van der Waals surface area contributed by atoms with E-state index in [4.69, 9.17) is 9.15 Å². The summed E-state index contributed by atoms with van der Waals surface area (Å²) < 4.78 is 9.99. The third-order valence-electron chi connectivity index (χ3n) is 3.29. The van der Waals surface area contributed by atoms with Crippen molar-refractivity contribution in [2.75, 3.05) is 13.7 Å². The Kier molecular flexibility index (Phi) is 4.45. The van der Waals surface area contributed by atoms with E-state index in [0.29, 0.717) is 11.3 Å². The Morgan fingerprint density at radius 1 is 1.36 bits per heavy atom. The first-order valence-electron chi connectivity index (χ1n) is 6.51. The molecule has 0 saturated carbocycles. The van der Waals surface area contributed by atoms with Gasteiger partial charge in [-0.05, 0) is 24.6 Å². The van der Waals surface area contributed by atoms with Gasteiger partial charge in [-0.3, -0.25) is 10.1 Å². The van der Waals surface area contributed by atoms with Crippen molar-refractivity contribution in [3.05, 3.63) is 67.8 Å². The normalized spacial score (nSPS) is 11.9. The number of benzene rings is 1. The van der Waals surface area contributed by atoms with Gasteiger partial charge in [-0.1, -0.05) is 12.1 Å². The topological polar surface area (TPSA) is 103 Å². The van der Waals surface area contributed by atoms with Gasteiger partial charge in [0.15, 0.2) is 0 Å². The fraction of sp³-hybridized carbons (Fsp3) is 0.267. The Hall–Kier alpha value is -2.83. The monoisotopic (exact) mass is 305 g/mol. The van der Waals surface area contributed by atoms with Crippen molar-refractivity contribution in [1.29, 1.82) is 0 Å². The number of aryl methyl sites for hydroxylation is 1. The highest BCUT2D eigenvalue weighted by molar-refractivity contribution is 5.41. The van der Waals surface area contributed by atoms with Gasteiger partial charge in [0.05, 0.1) is 18.6 Å². The Balaban J connectivity index is 2.55. The van der Waals surface area contributed by atoms with E-state index in [2.05, 4.69) is 0 Å². The number of rotatable bonds is 5. The zero-order valence-corrected chi connectivity index (χ0v) is 12.1. The maximum Gasteiger partial charge on any atom is 0.343 e. The van der Waals surface area contributed by atoms with E-state index < -0.39 is 23.0 Å². The third-order valence-corrected chi connectivity index (χ3v) is 3.29. The summed E-state index contributed by atoms with van der Waals surface area (Å²) in [4.78, 5) is 22.4. The predicted octanol–water partition coefficient (Wildman–Crippen LogP) is 2.07. The molecule has 22 heavy (non-hydrogen) atoms. The minimum atomic E-state index is -0.905. The van der Waals surface area contributed by atoms with Gasteiger partial charge in [-0.15, -0.1) is 0 Å². The molecule has 1 aromatic heterocycles. The van der Waals surface area contributed by atoms with Crippen molar-refractivity contribution in [2.24, 2.45) is 0 Å². The first kappa shape index (κ1) is 15.6. The average Bonchev–Trinajstić information content (AvgIpc) is 2.45. The second-order valence-corrected chi connectivity index (χ2v) is 4.78. The minimum Gasteiger partial charge on any atom is -0.507 e. The molecular formula is C15H15NO6. The molecule has 1 heterocycles. The SMILES string of the molecule is COc1ccc([C@@H](C[N+](=O)[O-])c2c(O)cc(C)oc2=O)cc1. The lowest BCUT2D eigenvalue weighted by atomic mass is 9.91. The number of aromatic hydroxyl groups is 1. The van der Waals surface area contributed by atoms with Crippen molar-refractivity contribution in [1.82, 2.24) is 0 Å². The number of methoxy groups -OCH3 is 1. The molecule has 1 aromatic carbocycles. The smallest absolute Gasteiger partial charge is 0.343 e. The number of nitro groups is 1. The molecule has 0 fully saturated rings. The molecule has 0 radical (unpaired) electrons. The molecule has 116 valence electrons. The van der Waals surface area contributed by atoms with Crippen LogP contribution in [-0.2, 0) is 0 Å². The summed E-state index contributed by atoms with van der Waals surface area (Å²) in [5.41, 5.74) is -0.378. The van der Waals surface area contributed by atoms with Crippen LogP contribution in [0.3, 0.4) is 0 Å². The maximum atomic E-state index is 12.0. The van der Waals surface area contributed by atoms with Gasteiger partial charge in [-0.2, -0.15) is 0 Å². The van der Waals surface area contributed by atoms with E-state index in [1.807, 2.05) is 0 Å². The van der Waals surface area contributed by atoms with Crippen LogP contribution in [0.15, 0.2) is 39.5 Å². The molecule has 0 saturated heterocycles. The van der Waals surface area contributed by atoms with Crippen molar-refractivity contribution in [3.63, 3.8) is 0 Å². The highest BCUT2D eigenvalue weighted by Crippen LogP contribution is 2.30. The molecule has 2 rings (SSSR count). The molecule has 0 aliphatic rings. The van der Waals surface area contributed by atoms with Crippen LogP contribution in [0.2, 0.25) is 0 Å². The average molecular weight is 305 g/mol. The summed E-state index contributed by atoms with van der Waals surface area (Å²) in [6.45, 7) is 0.981. The van der Waals surface area contributed by atoms with Gasteiger partial charge in [0.25, 0.3) is 0 Å². The molecule has 1 atom stereocenters. The zero-order valence-electron chi connectivity index (χ0n) is 12.1. The Labute approximate surface area is 125 Å². The quantitative estimate of drug-likeness (QED) is 0.670. The van der Waals surface area contributed by atoms with Gasteiger partial charge in [-0.25, -0.2) is 4.79 Å². The molecule has 0 spiro atoms. The summed E-state index contributed by atoms with van der Waals surface area (Å²) in [5.74, 6) is -0.390. The molecule has 1 N–H and O–H groups in total. The molecular weight excluding hydrogens is 290 g/mol. The molecule has 0 unspecified atom stereocenters. The van der Waals surface area contributed by atoms with Crippen LogP contribution in [0.4, 0.5) is 0 Å². The highest BCUT2D eigenvalue weighted by Gasteiger charge is 2.27. The van der Waals surface area contributed by atoms with E-state index in [1.54, 1.807) is 24.3 Å². The van der Waals surface area contributed by atoms with Crippen molar-refractivity contribution in [3.8, 4) is 11.5 Å². The molecule has 7 heteroatoms. The van der Waals surface area contributed by atoms with Gasteiger partial charge >= 0.3 is 5.63 Å². The van der Waals surface area contributed by atoms with E-state index in [1.165, 1.54) is 20.1 Å². The summed E-state index contributed by atoms with van der Waals surface area (Å²) in [5, 5.41) is 20.9. The molecule has 0 amide bonds. The van der Waals surface area contributed by atoms with Crippen molar-refractivity contribution in [2.45, 2.75) is 12.8 Å². The lowest BCUT2D eigenvalue weighted by Crippen LogP contribution is -2.21. The molecule has 0 aliphatic heterocycles. The van der Waals surface area contributed by atoms with Gasteiger partial charge in [0.1, 0.15) is 17.3 Å². The van der Waals surface area contributed by atoms with E-state index in [9.17, 15) is 20.0 Å². The largest absolute Gasteiger partial charge is 0.507 e. The fourth-order valence-corrected chi connectivity index (χ4v) is 2.27. The Bertz CT molecular complexity index is 735. The number of hydrogen-bond acceptors (Lipinski definition) is 6. The number of ether oxygens (including phenoxy) is 1. The van der Waals surface area contributed by atoms with E-state index >= 15 is 0 Å². The van der Waals surface area contributed by atoms with Gasteiger partial charge < -0.3 is 14.3 Å². The highest BCUT2D eigenvalue weighted by atomic mass is 16.6.